The van der Waals surface area contributed by atoms with Gasteiger partial charge in [0.2, 0.25) is 0 Å². The molecular weight excluding hydrogens is 274 g/mol. The lowest BCUT2D eigenvalue weighted by molar-refractivity contribution is 0.242. The molecule has 2 rings (SSSR count). The maximum Gasteiger partial charge on any atom is 0.138 e. The van der Waals surface area contributed by atoms with Crippen LogP contribution in [-0.2, 0) is 13.6 Å². The number of halogens is 1. The molecule has 0 amide bonds. The van der Waals surface area contributed by atoms with Crippen molar-refractivity contribution in [2.45, 2.75) is 33.4 Å². The summed E-state index contributed by atoms with van der Waals surface area (Å²) in [4.78, 5) is 0. The molecule has 0 spiro atoms. The van der Waals surface area contributed by atoms with E-state index in [1.807, 2.05) is 50.0 Å². The summed E-state index contributed by atoms with van der Waals surface area (Å²) in [6, 6.07) is 5.74. The monoisotopic (exact) mass is 293 g/mol. The normalized spacial score (nSPS) is 10.9. The quantitative estimate of drug-likeness (QED) is 0.912. The van der Waals surface area contributed by atoms with Gasteiger partial charge in [0.25, 0.3) is 0 Å². The van der Waals surface area contributed by atoms with E-state index in [9.17, 15) is 0 Å². The van der Waals surface area contributed by atoms with E-state index in [2.05, 4.69) is 17.3 Å². The average molecular weight is 294 g/mol. The Labute approximate surface area is 124 Å². The van der Waals surface area contributed by atoms with Crippen LogP contribution in [0.25, 0.3) is 0 Å². The van der Waals surface area contributed by atoms with Crippen LogP contribution in [0.4, 0.5) is 5.69 Å². The van der Waals surface area contributed by atoms with Crippen molar-refractivity contribution in [3.8, 4) is 5.75 Å². The molecule has 0 aliphatic heterocycles. The molecule has 0 aliphatic carbocycles. The van der Waals surface area contributed by atoms with Gasteiger partial charge in [-0.1, -0.05) is 11.6 Å². The maximum absolute atomic E-state index is 6.21. The lowest BCUT2D eigenvalue weighted by Gasteiger charge is -2.13. The second kappa shape index (κ2) is 6.18. The highest BCUT2D eigenvalue weighted by molar-refractivity contribution is 6.32. The van der Waals surface area contributed by atoms with Gasteiger partial charge in [-0.3, -0.25) is 4.68 Å². The molecule has 0 bridgehead atoms. The molecule has 2 aromatic rings. The molecule has 0 aliphatic rings. The molecule has 108 valence electrons. The van der Waals surface area contributed by atoms with Gasteiger partial charge in [0.1, 0.15) is 5.75 Å². The van der Waals surface area contributed by atoms with Gasteiger partial charge in [-0.15, -0.1) is 0 Å². The van der Waals surface area contributed by atoms with E-state index in [4.69, 9.17) is 16.3 Å². The van der Waals surface area contributed by atoms with E-state index in [0.717, 1.165) is 17.9 Å². The topological polar surface area (TPSA) is 39.1 Å². The highest BCUT2D eigenvalue weighted by Crippen LogP contribution is 2.28. The van der Waals surface area contributed by atoms with Crippen molar-refractivity contribution in [1.82, 2.24) is 9.78 Å². The molecule has 0 unspecified atom stereocenters. The lowest BCUT2D eigenvalue weighted by Crippen LogP contribution is -2.06. The zero-order chi connectivity index (χ0) is 14.7. The third-order valence-electron chi connectivity index (χ3n) is 3.11. The van der Waals surface area contributed by atoms with E-state index in [0.29, 0.717) is 10.8 Å². The fourth-order valence-corrected chi connectivity index (χ4v) is 2.10. The first-order valence-corrected chi connectivity index (χ1v) is 7.02. The van der Waals surface area contributed by atoms with E-state index < -0.39 is 0 Å². The fraction of sp³-hybridized carbons (Fsp3) is 0.400. The van der Waals surface area contributed by atoms with Crippen molar-refractivity contribution in [1.29, 1.82) is 0 Å². The van der Waals surface area contributed by atoms with Crippen LogP contribution in [0.15, 0.2) is 24.4 Å². The smallest absolute Gasteiger partial charge is 0.138 e. The summed E-state index contributed by atoms with van der Waals surface area (Å²) in [5.74, 6) is 0.713. The minimum absolute atomic E-state index is 0.115. The molecule has 4 nitrogen and oxygen atoms in total. The Morgan fingerprint density at radius 1 is 1.40 bits per heavy atom. The predicted octanol–water partition coefficient (Wildman–Crippen LogP) is 3.78. The zero-order valence-corrected chi connectivity index (χ0v) is 13.0. The number of nitrogens with zero attached hydrogens (tertiary/aromatic N) is 2. The number of aromatic nitrogens is 2. The van der Waals surface area contributed by atoms with E-state index in [1.54, 1.807) is 0 Å². The SMILES string of the molecule is Cc1c(CNc2ccc(OC(C)C)c(Cl)c2)cnn1C. The van der Waals surface area contributed by atoms with Gasteiger partial charge in [-0.05, 0) is 39.0 Å². The van der Waals surface area contributed by atoms with E-state index >= 15 is 0 Å². The minimum Gasteiger partial charge on any atom is -0.489 e. The molecule has 1 heterocycles. The standard InChI is InChI=1S/C15H20ClN3O/c1-10(2)20-15-6-5-13(7-14(15)16)17-8-12-9-18-19(4)11(12)3/h5-7,9-10,17H,8H2,1-4H3. The highest BCUT2D eigenvalue weighted by Gasteiger charge is 2.06. The van der Waals surface area contributed by atoms with Crippen molar-refractivity contribution in [3.63, 3.8) is 0 Å². The van der Waals surface area contributed by atoms with Gasteiger partial charge in [-0.2, -0.15) is 5.10 Å². The number of rotatable bonds is 5. The van der Waals surface area contributed by atoms with Crippen LogP contribution in [0.2, 0.25) is 5.02 Å². The molecule has 0 atom stereocenters. The largest absolute Gasteiger partial charge is 0.489 e. The number of anilines is 1. The average Bonchev–Trinajstić information content (AvgIpc) is 2.70. The van der Waals surface area contributed by atoms with E-state index in [1.165, 1.54) is 5.56 Å². The summed E-state index contributed by atoms with van der Waals surface area (Å²) in [5.41, 5.74) is 3.30. The molecule has 1 N–H and O–H groups in total. The number of ether oxygens (including phenoxy) is 1. The second-order valence-corrected chi connectivity index (χ2v) is 5.45. The summed E-state index contributed by atoms with van der Waals surface area (Å²) < 4.78 is 7.48. The van der Waals surface area contributed by atoms with E-state index in [-0.39, 0.29) is 6.10 Å². The van der Waals surface area contributed by atoms with Gasteiger partial charge in [0, 0.05) is 30.5 Å². The van der Waals surface area contributed by atoms with Crippen molar-refractivity contribution in [2.75, 3.05) is 5.32 Å². The molecule has 0 saturated carbocycles. The maximum atomic E-state index is 6.21. The first kappa shape index (κ1) is 14.7. The van der Waals surface area contributed by atoms with Gasteiger partial charge in [0.05, 0.1) is 17.3 Å². The molecule has 0 saturated heterocycles. The van der Waals surface area contributed by atoms with Crippen LogP contribution in [0.5, 0.6) is 5.75 Å². The fourth-order valence-electron chi connectivity index (χ4n) is 1.88. The molecule has 0 fully saturated rings. The number of hydrogen-bond donors (Lipinski definition) is 1. The molecule has 20 heavy (non-hydrogen) atoms. The third kappa shape index (κ3) is 3.45. The molecular formula is C15H20ClN3O. The third-order valence-corrected chi connectivity index (χ3v) is 3.41. The van der Waals surface area contributed by atoms with Crippen molar-refractivity contribution in [3.05, 3.63) is 40.7 Å². The summed E-state index contributed by atoms with van der Waals surface area (Å²) in [6.07, 6.45) is 1.99. The lowest BCUT2D eigenvalue weighted by atomic mass is 10.2. The second-order valence-electron chi connectivity index (χ2n) is 5.04. The van der Waals surface area contributed by atoms with Crippen LogP contribution in [-0.4, -0.2) is 15.9 Å². The molecule has 5 heteroatoms. The Balaban J connectivity index is 2.03. The van der Waals surface area contributed by atoms with Crippen molar-refractivity contribution >= 4 is 17.3 Å². The highest BCUT2D eigenvalue weighted by atomic mass is 35.5. The first-order valence-electron chi connectivity index (χ1n) is 6.65. The predicted molar refractivity (Wildman–Crippen MR) is 82.5 cm³/mol. The zero-order valence-electron chi connectivity index (χ0n) is 12.3. The van der Waals surface area contributed by atoms with Gasteiger partial charge in [0.15, 0.2) is 0 Å². The van der Waals surface area contributed by atoms with Crippen LogP contribution in [0, 0.1) is 6.92 Å². The summed E-state index contributed by atoms with van der Waals surface area (Å²) in [7, 11) is 1.94. The Morgan fingerprint density at radius 3 is 2.70 bits per heavy atom. The van der Waals surface area contributed by atoms with Gasteiger partial charge in [-0.25, -0.2) is 0 Å². The van der Waals surface area contributed by atoms with Crippen LogP contribution in [0.3, 0.4) is 0 Å². The minimum atomic E-state index is 0.115. The van der Waals surface area contributed by atoms with Crippen molar-refractivity contribution in [2.24, 2.45) is 7.05 Å². The Hall–Kier alpha value is -1.68. The van der Waals surface area contributed by atoms with Crippen molar-refractivity contribution < 1.29 is 4.74 Å². The van der Waals surface area contributed by atoms with Gasteiger partial charge < -0.3 is 10.1 Å². The summed E-state index contributed by atoms with van der Waals surface area (Å²) in [5, 5.41) is 8.18. The summed E-state index contributed by atoms with van der Waals surface area (Å²) >= 11 is 6.21. The number of aryl methyl sites for hydroxylation is 1. The molecule has 1 aromatic carbocycles. The first-order chi connectivity index (χ1) is 9.47. The van der Waals surface area contributed by atoms with Crippen LogP contribution in [0.1, 0.15) is 25.1 Å². The Morgan fingerprint density at radius 2 is 2.15 bits per heavy atom. The Bertz CT molecular complexity index is 593. The number of nitrogens with one attached hydrogen (secondary N) is 1. The molecule has 1 aromatic heterocycles. The van der Waals surface area contributed by atoms with Gasteiger partial charge >= 0.3 is 0 Å². The number of hydrogen-bond acceptors (Lipinski definition) is 3. The summed E-state index contributed by atoms with van der Waals surface area (Å²) in [6.45, 7) is 6.73. The van der Waals surface area contributed by atoms with Crippen LogP contribution >= 0.6 is 11.6 Å². The van der Waals surface area contributed by atoms with Crippen LogP contribution < -0.4 is 10.1 Å². The Kier molecular flexibility index (Phi) is 4.55. The molecule has 0 radical (unpaired) electrons. The number of benzene rings is 1.